The summed E-state index contributed by atoms with van der Waals surface area (Å²) in [5.74, 6) is -2.49. The van der Waals surface area contributed by atoms with Gasteiger partial charge in [0.25, 0.3) is 0 Å². The molecule has 112 valence electrons. The molecule has 8 heteroatoms. The van der Waals surface area contributed by atoms with Crippen LogP contribution in [0.1, 0.15) is 17.0 Å². The molecular formula is C13H9F4NO3. The first-order valence-corrected chi connectivity index (χ1v) is 5.73. The summed E-state index contributed by atoms with van der Waals surface area (Å²) in [6, 6.07) is 2.25. The second kappa shape index (κ2) is 5.19. The smallest absolute Gasteiger partial charge is 0.419 e. The van der Waals surface area contributed by atoms with Crippen LogP contribution in [0, 0.1) is 12.7 Å². The number of benzene rings is 1. The maximum Gasteiger partial charge on any atom is 0.419 e. The number of carbonyl (C=O) groups is 1. The van der Waals surface area contributed by atoms with Crippen molar-refractivity contribution >= 4 is 5.97 Å². The number of aryl methyl sites for hydroxylation is 1. The highest BCUT2D eigenvalue weighted by Gasteiger charge is 2.34. The molecule has 0 unspecified atom stereocenters. The lowest BCUT2D eigenvalue weighted by atomic mass is 10.1. The van der Waals surface area contributed by atoms with Crippen molar-refractivity contribution in [1.82, 2.24) is 4.98 Å². The lowest BCUT2D eigenvalue weighted by molar-refractivity contribution is -0.140. The van der Waals surface area contributed by atoms with Crippen LogP contribution in [0.4, 0.5) is 17.6 Å². The number of halogens is 4. The Kier molecular flexibility index (Phi) is 3.71. The zero-order valence-electron chi connectivity index (χ0n) is 10.7. The van der Waals surface area contributed by atoms with Gasteiger partial charge < -0.3 is 9.52 Å². The minimum Gasteiger partial charge on any atom is -0.481 e. The Bertz CT molecular complexity index is 691. The van der Waals surface area contributed by atoms with Gasteiger partial charge in [-0.1, -0.05) is 0 Å². The third kappa shape index (κ3) is 3.21. The van der Waals surface area contributed by atoms with Crippen LogP contribution >= 0.6 is 0 Å². The monoisotopic (exact) mass is 303 g/mol. The van der Waals surface area contributed by atoms with Gasteiger partial charge in [-0.2, -0.15) is 13.2 Å². The Balaban J connectivity index is 2.39. The summed E-state index contributed by atoms with van der Waals surface area (Å²) in [6.07, 6.45) is -5.18. The Morgan fingerprint density at radius 2 is 2.05 bits per heavy atom. The lowest BCUT2D eigenvalue weighted by Gasteiger charge is -2.08. The summed E-state index contributed by atoms with van der Waals surface area (Å²) in [6.45, 7) is 1.47. The molecule has 2 rings (SSSR count). The molecule has 0 aliphatic heterocycles. The zero-order chi connectivity index (χ0) is 15.8. The second-order valence-electron chi connectivity index (χ2n) is 4.28. The highest BCUT2D eigenvalue weighted by molar-refractivity contribution is 5.70. The van der Waals surface area contributed by atoms with Gasteiger partial charge in [0.1, 0.15) is 11.6 Å². The molecule has 2 aromatic rings. The first-order valence-electron chi connectivity index (χ1n) is 5.73. The molecule has 21 heavy (non-hydrogen) atoms. The van der Waals surface area contributed by atoms with Crippen LogP contribution in [0.2, 0.25) is 0 Å². The topological polar surface area (TPSA) is 63.3 Å². The van der Waals surface area contributed by atoms with E-state index in [0.29, 0.717) is 12.1 Å². The highest BCUT2D eigenvalue weighted by atomic mass is 19.4. The summed E-state index contributed by atoms with van der Waals surface area (Å²) in [4.78, 5) is 14.5. The fraction of sp³-hybridized carbons (Fsp3) is 0.231. The Labute approximate surface area is 116 Å². The summed E-state index contributed by atoms with van der Waals surface area (Å²) < 4.78 is 56.0. The van der Waals surface area contributed by atoms with E-state index in [1.54, 1.807) is 0 Å². The van der Waals surface area contributed by atoms with E-state index in [-0.39, 0.29) is 22.9 Å². The molecule has 1 heterocycles. The first kappa shape index (κ1) is 15.0. The van der Waals surface area contributed by atoms with Crippen LogP contribution in [-0.2, 0) is 17.4 Å². The third-order valence-electron chi connectivity index (χ3n) is 2.73. The van der Waals surface area contributed by atoms with Gasteiger partial charge in [0.2, 0.25) is 5.89 Å². The van der Waals surface area contributed by atoms with E-state index in [1.165, 1.54) is 6.92 Å². The van der Waals surface area contributed by atoms with E-state index in [1.807, 2.05) is 0 Å². The number of alkyl halides is 3. The molecule has 1 aromatic carbocycles. The SMILES string of the molecule is Cc1oc(-c2ccc(C(F)(F)F)c(F)c2)nc1CC(=O)O. The molecule has 1 N–H and O–H groups in total. The van der Waals surface area contributed by atoms with Gasteiger partial charge in [-0.3, -0.25) is 4.79 Å². The molecule has 0 amide bonds. The molecule has 0 radical (unpaired) electrons. The predicted octanol–water partition coefficient (Wildman–Crippen LogP) is 3.44. The molecule has 0 atom stereocenters. The van der Waals surface area contributed by atoms with Crippen molar-refractivity contribution in [3.63, 3.8) is 0 Å². The summed E-state index contributed by atoms with van der Waals surface area (Å²) in [5, 5.41) is 8.67. The molecule has 0 saturated heterocycles. The van der Waals surface area contributed by atoms with Gasteiger partial charge in [-0.15, -0.1) is 0 Å². The van der Waals surface area contributed by atoms with E-state index in [9.17, 15) is 22.4 Å². The van der Waals surface area contributed by atoms with Crippen LogP contribution in [0.5, 0.6) is 0 Å². The fourth-order valence-electron chi connectivity index (χ4n) is 1.74. The number of carboxylic acid groups (broad SMARTS) is 1. The van der Waals surface area contributed by atoms with Gasteiger partial charge in [-0.05, 0) is 25.1 Å². The normalized spacial score (nSPS) is 11.7. The molecular weight excluding hydrogens is 294 g/mol. The van der Waals surface area contributed by atoms with Crippen LogP contribution < -0.4 is 0 Å². The van der Waals surface area contributed by atoms with Gasteiger partial charge in [0, 0.05) is 5.56 Å². The molecule has 1 aromatic heterocycles. The largest absolute Gasteiger partial charge is 0.481 e. The summed E-state index contributed by atoms with van der Waals surface area (Å²) in [5.41, 5.74) is -1.25. The lowest BCUT2D eigenvalue weighted by Crippen LogP contribution is -2.07. The molecule has 0 spiro atoms. The Morgan fingerprint density at radius 1 is 1.38 bits per heavy atom. The van der Waals surface area contributed by atoms with E-state index in [0.717, 1.165) is 6.07 Å². The standard InChI is InChI=1S/C13H9F4NO3/c1-6-10(5-11(19)20)18-12(21-6)7-2-3-8(9(14)4-7)13(15,16)17/h2-4H,5H2,1H3,(H,19,20). The maximum atomic E-state index is 13.5. The second-order valence-corrected chi connectivity index (χ2v) is 4.28. The van der Waals surface area contributed by atoms with Crippen LogP contribution in [0.15, 0.2) is 22.6 Å². The van der Waals surface area contributed by atoms with E-state index in [2.05, 4.69) is 4.98 Å². The van der Waals surface area contributed by atoms with Crippen molar-refractivity contribution in [1.29, 1.82) is 0 Å². The number of nitrogens with zero attached hydrogens (tertiary/aromatic N) is 1. The van der Waals surface area contributed by atoms with Crippen LogP contribution in [0.25, 0.3) is 11.5 Å². The van der Waals surface area contributed by atoms with E-state index < -0.39 is 29.9 Å². The van der Waals surface area contributed by atoms with Crippen molar-refractivity contribution in [3.05, 3.63) is 41.0 Å². The number of hydrogen-bond donors (Lipinski definition) is 1. The van der Waals surface area contributed by atoms with Crippen LogP contribution in [0.3, 0.4) is 0 Å². The van der Waals surface area contributed by atoms with Crippen molar-refractivity contribution in [2.75, 3.05) is 0 Å². The molecule has 0 saturated carbocycles. The van der Waals surface area contributed by atoms with Crippen molar-refractivity contribution in [2.24, 2.45) is 0 Å². The van der Waals surface area contributed by atoms with E-state index >= 15 is 0 Å². The fourth-order valence-corrected chi connectivity index (χ4v) is 1.74. The van der Waals surface area contributed by atoms with Crippen molar-refractivity contribution < 1.29 is 31.9 Å². The van der Waals surface area contributed by atoms with Gasteiger partial charge in [-0.25, -0.2) is 9.37 Å². The number of rotatable bonds is 3. The third-order valence-corrected chi connectivity index (χ3v) is 2.73. The quantitative estimate of drug-likeness (QED) is 0.882. The summed E-state index contributed by atoms with van der Waals surface area (Å²) >= 11 is 0. The van der Waals surface area contributed by atoms with Gasteiger partial charge in [0.05, 0.1) is 17.7 Å². The van der Waals surface area contributed by atoms with Crippen LogP contribution in [-0.4, -0.2) is 16.1 Å². The average molecular weight is 303 g/mol. The number of aliphatic carboxylic acids is 1. The minimum atomic E-state index is -4.79. The number of oxazole rings is 1. The Hall–Kier alpha value is -2.38. The zero-order valence-corrected chi connectivity index (χ0v) is 10.7. The average Bonchev–Trinajstić information content (AvgIpc) is 2.68. The van der Waals surface area contributed by atoms with Crippen molar-refractivity contribution in [2.45, 2.75) is 19.5 Å². The predicted molar refractivity (Wildman–Crippen MR) is 63.0 cm³/mol. The number of hydrogen-bond acceptors (Lipinski definition) is 3. The molecule has 0 fully saturated rings. The van der Waals surface area contributed by atoms with Gasteiger partial charge in [0.15, 0.2) is 0 Å². The summed E-state index contributed by atoms with van der Waals surface area (Å²) in [7, 11) is 0. The molecule has 4 nitrogen and oxygen atoms in total. The maximum absolute atomic E-state index is 13.5. The number of carboxylic acids is 1. The Morgan fingerprint density at radius 3 is 2.57 bits per heavy atom. The minimum absolute atomic E-state index is 0.000221. The van der Waals surface area contributed by atoms with Gasteiger partial charge >= 0.3 is 12.1 Å². The molecule has 0 aliphatic carbocycles. The van der Waals surface area contributed by atoms with E-state index in [4.69, 9.17) is 9.52 Å². The number of aromatic nitrogens is 1. The van der Waals surface area contributed by atoms with Crippen molar-refractivity contribution in [3.8, 4) is 11.5 Å². The first-order chi connectivity index (χ1) is 9.68. The molecule has 0 bridgehead atoms. The molecule has 0 aliphatic rings. The highest BCUT2D eigenvalue weighted by Crippen LogP contribution is 2.33.